The number of carboxylic acid groups (broad SMARTS) is 1. The van der Waals surface area contributed by atoms with Gasteiger partial charge in [0.25, 0.3) is 0 Å². The quantitative estimate of drug-likeness (QED) is 0.934. The van der Waals surface area contributed by atoms with Gasteiger partial charge in [-0.2, -0.15) is 0 Å². The summed E-state index contributed by atoms with van der Waals surface area (Å²) in [5.74, 6) is -0.684. The SMILES string of the molecule is Cc1nc(C(=O)O)cc(C2=NOC(c3ccccc3)C2)n1. The van der Waals surface area contributed by atoms with E-state index in [0.29, 0.717) is 23.7 Å². The highest BCUT2D eigenvalue weighted by atomic mass is 16.6. The standard InChI is InChI=1S/C15H13N3O3/c1-9-16-11(7-13(17-9)15(19)20)12-8-14(21-18-12)10-5-3-2-4-6-10/h2-7,14H,8H2,1H3,(H,19,20). The maximum atomic E-state index is 11.0. The van der Waals surface area contributed by atoms with E-state index in [-0.39, 0.29) is 11.8 Å². The van der Waals surface area contributed by atoms with Gasteiger partial charge in [-0.3, -0.25) is 0 Å². The summed E-state index contributed by atoms with van der Waals surface area (Å²) in [6, 6.07) is 11.2. The van der Waals surface area contributed by atoms with Gasteiger partial charge in [0, 0.05) is 6.42 Å². The number of rotatable bonds is 3. The molecule has 1 unspecified atom stereocenters. The highest BCUT2D eigenvalue weighted by Gasteiger charge is 2.25. The van der Waals surface area contributed by atoms with Crippen molar-refractivity contribution in [3.8, 4) is 0 Å². The van der Waals surface area contributed by atoms with Crippen molar-refractivity contribution >= 4 is 11.7 Å². The lowest BCUT2D eigenvalue weighted by atomic mass is 10.0. The van der Waals surface area contributed by atoms with Gasteiger partial charge in [-0.25, -0.2) is 14.8 Å². The van der Waals surface area contributed by atoms with Gasteiger partial charge in [0.2, 0.25) is 0 Å². The number of hydrogen-bond donors (Lipinski definition) is 1. The molecule has 0 saturated heterocycles. The number of aromatic nitrogens is 2. The van der Waals surface area contributed by atoms with Crippen LogP contribution in [0.15, 0.2) is 41.6 Å². The van der Waals surface area contributed by atoms with Gasteiger partial charge in [-0.1, -0.05) is 35.5 Å². The molecule has 1 aliphatic heterocycles. The van der Waals surface area contributed by atoms with Crippen LogP contribution in [0.4, 0.5) is 0 Å². The molecular weight excluding hydrogens is 270 g/mol. The highest BCUT2D eigenvalue weighted by Crippen LogP contribution is 2.28. The van der Waals surface area contributed by atoms with Crippen LogP contribution in [-0.4, -0.2) is 26.8 Å². The first-order valence-electron chi connectivity index (χ1n) is 6.50. The van der Waals surface area contributed by atoms with Crippen LogP contribution in [0.1, 0.15) is 40.1 Å². The molecule has 2 heterocycles. The Morgan fingerprint density at radius 2 is 2.05 bits per heavy atom. The summed E-state index contributed by atoms with van der Waals surface area (Å²) >= 11 is 0. The highest BCUT2D eigenvalue weighted by molar-refractivity contribution is 6.01. The molecule has 3 rings (SSSR count). The minimum absolute atomic E-state index is 0.0386. The average Bonchev–Trinajstić information content (AvgIpc) is 2.97. The summed E-state index contributed by atoms with van der Waals surface area (Å²) in [4.78, 5) is 24.6. The van der Waals surface area contributed by atoms with Gasteiger partial charge >= 0.3 is 5.97 Å². The fraction of sp³-hybridized carbons (Fsp3) is 0.200. The molecule has 1 N–H and O–H groups in total. The second-order valence-corrected chi connectivity index (χ2v) is 4.74. The van der Waals surface area contributed by atoms with E-state index in [9.17, 15) is 4.79 Å². The van der Waals surface area contributed by atoms with E-state index in [0.717, 1.165) is 5.56 Å². The van der Waals surface area contributed by atoms with E-state index in [4.69, 9.17) is 9.94 Å². The van der Waals surface area contributed by atoms with Crippen LogP contribution in [0, 0.1) is 6.92 Å². The predicted octanol–water partition coefficient (Wildman–Crippen LogP) is 2.35. The summed E-state index contributed by atoms with van der Waals surface area (Å²) in [6.45, 7) is 1.65. The van der Waals surface area contributed by atoms with E-state index in [1.165, 1.54) is 6.07 Å². The van der Waals surface area contributed by atoms with Crippen molar-refractivity contribution in [3.05, 3.63) is 59.2 Å². The fourth-order valence-corrected chi connectivity index (χ4v) is 2.20. The van der Waals surface area contributed by atoms with Crippen LogP contribution >= 0.6 is 0 Å². The first-order valence-corrected chi connectivity index (χ1v) is 6.50. The van der Waals surface area contributed by atoms with Crippen molar-refractivity contribution in [1.29, 1.82) is 0 Å². The smallest absolute Gasteiger partial charge is 0.354 e. The molecule has 0 radical (unpaired) electrons. The number of aryl methyl sites for hydroxylation is 1. The van der Waals surface area contributed by atoms with Crippen molar-refractivity contribution in [2.24, 2.45) is 5.16 Å². The summed E-state index contributed by atoms with van der Waals surface area (Å²) in [5, 5.41) is 13.1. The Hall–Kier alpha value is -2.76. The third kappa shape index (κ3) is 2.74. The van der Waals surface area contributed by atoms with Crippen molar-refractivity contribution in [3.63, 3.8) is 0 Å². The zero-order valence-electron chi connectivity index (χ0n) is 11.4. The maximum absolute atomic E-state index is 11.0. The number of oxime groups is 1. The molecule has 2 aromatic rings. The van der Waals surface area contributed by atoms with E-state index in [1.54, 1.807) is 6.92 Å². The molecule has 0 amide bonds. The Labute approximate surface area is 121 Å². The monoisotopic (exact) mass is 283 g/mol. The summed E-state index contributed by atoms with van der Waals surface area (Å²) in [5.41, 5.74) is 2.12. The zero-order valence-corrected chi connectivity index (χ0v) is 11.4. The lowest BCUT2D eigenvalue weighted by Gasteiger charge is -2.07. The Balaban J connectivity index is 1.85. The van der Waals surface area contributed by atoms with Crippen LogP contribution in [-0.2, 0) is 4.84 Å². The van der Waals surface area contributed by atoms with Gasteiger partial charge < -0.3 is 9.94 Å². The van der Waals surface area contributed by atoms with Gasteiger partial charge in [0.1, 0.15) is 11.5 Å². The van der Waals surface area contributed by atoms with Gasteiger partial charge in [-0.15, -0.1) is 0 Å². The number of nitrogens with zero attached hydrogens (tertiary/aromatic N) is 3. The molecule has 1 aliphatic rings. The average molecular weight is 283 g/mol. The Bertz CT molecular complexity index is 713. The first-order chi connectivity index (χ1) is 10.1. The second-order valence-electron chi connectivity index (χ2n) is 4.74. The molecule has 0 bridgehead atoms. The van der Waals surface area contributed by atoms with Crippen molar-refractivity contribution in [1.82, 2.24) is 9.97 Å². The lowest BCUT2D eigenvalue weighted by Crippen LogP contribution is -2.10. The van der Waals surface area contributed by atoms with Crippen molar-refractivity contribution in [2.45, 2.75) is 19.4 Å². The van der Waals surface area contributed by atoms with Gasteiger partial charge in [-0.05, 0) is 18.6 Å². The Morgan fingerprint density at radius 1 is 1.29 bits per heavy atom. The molecule has 1 atom stereocenters. The maximum Gasteiger partial charge on any atom is 0.354 e. The normalized spacial score (nSPS) is 17.2. The molecule has 0 spiro atoms. The summed E-state index contributed by atoms with van der Waals surface area (Å²) in [7, 11) is 0. The molecular formula is C15H13N3O3. The van der Waals surface area contributed by atoms with Gasteiger partial charge in [0.05, 0.1) is 5.69 Å². The van der Waals surface area contributed by atoms with Crippen molar-refractivity contribution in [2.75, 3.05) is 0 Å². The third-order valence-corrected chi connectivity index (χ3v) is 3.19. The number of hydrogen-bond acceptors (Lipinski definition) is 5. The van der Waals surface area contributed by atoms with Crippen LogP contribution in [0.25, 0.3) is 0 Å². The fourth-order valence-electron chi connectivity index (χ4n) is 2.20. The van der Waals surface area contributed by atoms with Crippen molar-refractivity contribution < 1.29 is 14.7 Å². The molecule has 106 valence electrons. The van der Waals surface area contributed by atoms with Crippen LogP contribution < -0.4 is 0 Å². The predicted molar refractivity (Wildman–Crippen MR) is 75.2 cm³/mol. The lowest BCUT2D eigenvalue weighted by molar-refractivity contribution is 0.0690. The third-order valence-electron chi connectivity index (χ3n) is 3.19. The number of carboxylic acids is 1. The Kier molecular flexibility index (Phi) is 3.35. The number of carbonyl (C=O) groups is 1. The summed E-state index contributed by atoms with van der Waals surface area (Å²) < 4.78 is 0. The topological polar surface area (TPSA) is 84.7 Å². The molecule has 0 aliphatic carbocycles. The molecule has 0 fully saturated rings. The van der Waals surface area contributed by atoms with Crippen LogP contribution in [0.5, 0.6) is 0 Å². The molecule has 1 aromatic carbocycles. The molecule has 6 nitrogen and oxygen atoms in total. The molecule has 0 saturated carbocycles. The molecule has 1 aromatic heterocycles. The van der Waals surface area contributed by atoms with E-state index >= 15 is 0 Å². The van der Waals surface area contributed by atoms with Crippen LogP contribution in [0.3, 0.4) is 0 Å². The first kappa shape index (κ1) is 13.2. The number of aromatic carboxylic acids is 1. The van der Waals surface area contributed by atoms with E-state index in [2.05, 4.69) is 15.1 Å². The minimum Gasteiger partial charge on any atom is -0.477 e. The summed E-state index contributed by atoms with van der Waals surface area (Å²) in [6.07, 6.45) is 0.393. The van der Waals surface area contributed by atoms with Gasteiger partial charge in [0.15, 0.2) is 11.8 Å². The number of benzene rings is 1. The largest absolute Gasteiger partial charge is 0.477 e. The second kappa shape index (κ2) is 5.32. The minimum atomic E-state index is -1.08. The van der Waals surface area contributed by atoms with E-state index < -0.39 is 5.97 Å². The molecule has 21 heavy (non-hydrogen) atoms. The van der Waals surface area contributed by atoms with E-state index in [1.807, 2.05) is 30.3 Å². The zero-order chi connectivity index (χ0) is 14.8. The molecule has 6 heteroatoms. The van der Waals surface area contributed by atoms with Crippen LogP contribution in [0.2, 0.25) is 0 Å². The Morgan fingerprint density at radius 3 is 2.76 bits per heavy atom.